The van der Waals surface area contributed by atoms with Crippen molar-refractivity contribution in [3.63, 3.8) is 0 Å². The zero-order valence-electron chi connectivity index (χ0n) is 19.9. The van der Waals surface area contributed by atoms with Gasteiger partial charge in [0.1, 0.15) is 5.75 Å². The number of nitrogens with zero attached hydrogens (tertiary/aromatic N) is 2. The van der Waals surface area contributed by atoms with Crippen LogP contribution < -0.4 is 0 Å². The van der Waals surface area contributed by atoms with Gasteiger partial charge in [-0.15, -0.1) is 0 Å². The van der Waals surface area contributed by atoms with E-state index in [9.17, 15) is 9.90 Å². The molecule has 0 radical (unpaired) electrons. The summed E-state index contributed by atoms with van der Waals surface area (Å²) in [6.45, 7) is 14.2. The third-order valence-electron chi connectivity index (χ3n) is 6.61. The number of benzene rings is 2. The maximum atomic E-state index is 12.8. The Balaban J connectivity index is 1.60. The number of phenolic OH excluding ortho intramolecular Hbond substituents is 1. The first-order valence-electron chi connectivity index (χ1n) is 11.6. The Kier molecular flexibility index (Phi) is 7.77. The van der Waals surface area contributed by atoms with Gasteiger partial charge in [0.2, 0.25) is 5.91 Å². The summed E-state index contributed by atoms with van der Waals surface area (Å²) in [4.78, 5) is 17.4. The Morgan fingerprint density at radius 1 is 1.00 bits per heavy atom. The molecule has 168 valence electrons. The largest absolute Gasteiger partial charge is 0.508 e. The molecule has 0 bridgehead atoms. The zero-order chi connectivity index (χ0) is 22.5. The van der Waals surface area contributed by atoms with Crippen molar-refractivity contribution in [3.8, 4) is 5.75 Å². The summed E-state index contributed by atoms with van der Waals surface area (Å²) < 4.78 is 0. The van der Waals surface area contributed by atoms with Crippen LogP contribution in [0.25, 0.3) is 0 Å². The summed E-state index contributed by atoms with van der Waals surface area (Å²) in [7, 11) is 0. The molecule has 1 heterocycles. The molecule has 1 aliphatic rings. The summed E-state index contributed by atoms with van der Waals surface area (Å²) in [6.07, 6.45) is 3.63. The van der Waals surface area contributed by atoms with Crippen molar-refractivity contribution in [1.29, 1.82) is 0 Å². The van der Waals surface area contributed by atoms with Gasteiger partial charge in [0.05, 0.1) is 0 Å². The van der Waals surface area contributed by atoms with E-state index >= 15 is 0 Å². The molecule has 0 atom stereocenters. The number of amides is 1. The molecule has 1 N–H and O–H groups in total. The van der Waals surface area contributed by atoms with Crippen molar-refractivity contribution in [2.75, 3.05) is 19.6 Å². The third-order valence-corrected chi connectivity index (χ3v) is 6.61. The van der Waals surface area contributed by atoms with Crippen molar-refractivity contribution in [1.82, 2.24) is 9.80 Å². The number of likely N-dealkylation sites (tertiary alicyclic amines) is 1. The van der Waals surface area contributed by atoms with Crippen LogP contribution in [0.5, 0.6) is 5.75 Å². The summed E-state index contributed by atoms with van der Waals surface area (Å²) in [5.74, 6) is 0.608. The quantitative estimate of drug-likeness (QED) is 0.677. The predicted octanol–water partition coefficient (Wildman–Crippen LogP) is 5.07. The van der Waals surface area contributed by atoms with E-state index in [-0.39, 0.29) is 5.91 Å². The number of aryl methyl sites for hydroxylation is 4. The number of rotatable bonds is 7. The number of aromatic hydroxyl groups is 1. The van der Waals surface area contributed by atoms with E-state index in [1.54, 1.807) is 0 Å². The maximum absolute atomic E-state index is 12.8. The average molecular weight is 423 g/mol. The Morgan fingerprint density at radius 2 is 1.58 bits per heavy atom. The summed E-state index contributed by atoms with van der Waals surface area (Å²) in [5.41, 5.74) is 7.43. The van der Waals surface area contributed by atoms with Crippen LogP contribution in [0.4, 0.5) is 0 Å². The number of carbonyl (C=O) groups excluding carboxylic acids is 1. The first-order valence-corrected chi connectivity index (χ1v) is 11.6. The molecule has 4 nitrogen and oxygen atoms in total. The molecule has 1 amide bonds. The molecule has 0 unspecified atom stereocenters. The molecular formula is C27H38N2O2. The Bertz CT molecular complexity index is 870. The lowest BCUT2D eigenvalue weighted by Gasteiger charge is -2.39. The van der Waals surface area contributed by atoms with Gasteiger partial charge in [-0.2, -0.15) is 0 Å². The van der Waals surface area contributed by atoms with Crippen molar-refractivity contribution in [3.05, 3.63) is 63.7 Å². The molecule has 2 aromatic carbocycles. The highest BCUT2D eigenvalue weighted by molar-refractivity contribution is 5.76. The Hall–Kier alpha value is -2.33. The first-order chi connectivity index (χ1) is 14.8. The van der Waals surface area contributed by atoms with Crippen molar-refractivity contribution >= 4 is 5.91 Å². The second-order valence-corrected chi connectivity index (χ2v) is 9.25. The molecule has 0 saturated carbocycles. The van der Waals surface area contributed by atoms with E-state index in [1.807, 2.05) is 19.1 Å². The van der Waals surface area contributed by atoms with E-state index in [0.29, 0.717) is 24.8 Å². The summed E-state index contributed by atoms with van der Waals surface area (Å²) in [6, 6.07) is 10.6. The number of phenols is 1. The smallest absolute Gasteiger partial charge is 0.222 e. The molecular weight excluding hydrogens is 384 g/mol. The summed E-state index contributed by atoms with van der Waals surface area (Å²) in [5, 5.41) is 9.77. The van der Waals surface area contributed by atoms with Gasteiger partial charge in [-0.25, -0.2) is 0 Å². The molecule has 0 spiro atoms. The predicted molar refractivity (Wildman–Crippen MR) is 128 cm³/mol. The van der Waals surface area contributed by atoms with Crippen molar-refractivity contribution in [2.24, 2.45) is 0 Å². The van der Waals surface area contributed by atoms with Crippen LogP contribution in [0.3, 0.4) is 0 Å². The van der Waals surface area contributed by atoms with E-state index in [1.165, 1.54) is 33.4 Å². The van der Waals surface area contributed by atoms with Crippen LogP contribution in [-0.2, 0) is 17.8 Å². The van der Waals surface area contributed by atoms with E-state index < -0.39 is 0 Å². The molecule has 1 saturated heterocycles. The number of hydrogen-bond acceptors (Lipinski definition) is 3. The molecule has 4 heteroatoms. The first kappa shape index (κ1) is 23.3. The van der Waals surface area contributed by atoms with Crippen LogP contribution in [0, 0.1) is 27.7 Å². The van der Waals surface area contributed by atoms with E-state index in [0.717, 1.165) is 38.9 Å². The van der Waals surface area contributed by atoms with Crippen LogP contribution in [0.2, 0.25) is 0 Å². The molecule has 2 aromatic rings. The van der Waals surface area contributed by atoms with Gasteiger partial charge in [-0.3, -0.25) is 4.79 Å². The normalized spacial score (nSPS) is 15.3. The van der Waals surface area contributed by atoms with Crippen molar-refractivity contribution in [2.45, 2.75) is 72.9 Å². The SMILES string of the molecule is CCC(=O)N(Cc1cc(C)cc(C)c1)C1CCN(CCc2c(C)cc(O)cc2C)CC1. The van der Waals surface area contributed by atoms with E-state index in [2.05, 4.69) is 55.7 Å². The van der Waals surface area contributed by atoms with Crippen LogP contribution in [0.1, 0.15) is 59.6 Å². The lowest BCUT2D eigenvalue weighted by molar-refractivity contribution is -0.135. The monoisotopic (exact) mass is 422 g/mol. The van der Waals surface area contributed by atoms with E-state index in [4.69, 9.17) is 0 Å². The fourth-order valence-corrected chi connectivity index (χ4v) is 5.07. The molecule has 1 fully saturated rings. The maximum Gasteiger partial charge on any atom is 0.222 e. The molecule has 3 rings (SSSR count). The van der Waals surface area contributed by atoms with Crippen LogP contribution in [0.15, 0.2) is 30.3 Å². The number of carbonyl (C=O) groups is 1. The fraction of sp³-hybridized carbons (Fsp3) is 0.519. The zero-order valence-corrected chi connectivity index (χ0v) is 19.9. The minimum Gasteiger partial charge on any atom is -0.508 e. The number of hydrogen-bond donors (Lipinski definition) is 1. The minimum absolute atomic E-state index is 0.257. The molecule has 0 aliphatic carbocycles. The topological polar surface area (TPSA) is 43.8 Å². The van der Waals surface area contributed by atoms with Crippen molar-refractivity contribution < 1.29 is 9.90 Å². The number of piperidine rings is 1. The van der Waals surface area contributed by atoms with Gasteiger partial charge in [0.25, 0.3) is 0 Å². The second-order valence-electron chi connectivity index (χ2n) is 9.25. The molecule has 0 aromatic heterocycles. The van der Waals surface area contributed by atoms with Gasteiger partial charge < -0.3 is 14.9 Å². The van der Waals surface area contributed by atoms with Gasteiger partial charge in [-0.1, -0.05) is 36.2 Å². The Morgan fingerprint density at radius 3 is 2.13 bits per heavy atom. The lowest BCUT2D eigenvalue weighted by Crippen LogP contribution is -2.47. The minimum atomic E-state index is 0.257. The van der Waals surface area contributed by atoms with Gasteiger partial charge in [-0.05, 0) is 81.3 Å². The third kappa shape index (κ3) is 6.10. The second kappa shape index (κ2) is 10.3. The van der Waals surface area contributed by atoms with Gasteiger partial charge in [0.15, 0.2) is 0 Å². The summed E-state index contributed by atoms with van der Waals surface area (Å²) >= 11 is 0. The van der Waals surface area contributed by atoms with Crippen LogP contribution in [-0.4, -0.2) is 46.5 Å². The van der Waals surface area contributed by atoms with Gasteiger partial charge in [0, 0.05) is 38.6 Å². The Labute approximate surface area is 187 Å². The molecule has 1 aliphatic heterocycles. The highest BCUT2D eigenvalue weighted by Crippen LogP contribution is 2.24. The van der Waals surface area contributed by atoms with Crippen LogP contribution >= 0.6 is 0 Å². The fourth-order valence-electron chi connectivity index (χ4n) is 5.07. The highest BCUT2D eigenvalue weighted by Gasteiger charge is 2.27. The standard InChI is InChI=1S/C27H38N2O2/c1-6-27(31)29(18-23-14-19(2)13-20(3)15-23)24-7-10-28(11-8-24)12-9-26-21(4)16-25(30)17-22(26)5/h13-17,24,30H,6-12,18H2,1-5H3. The lowest BCUT2D eigenvalue weighted by atomic mass is 9.97. The van der Waals surface area contributed by atoms with Gasteiger partial charge >= 0.3 is 0 Å². The highest BCUT2D eigenvalue weighted by atomic mass is 16.3. The average Bonchev–Trinajstić information content (AvgIpc) is 2.70. The molecule has 31 heavy (non-hydrogen) atoms.